The first-order chi connectivity index (χ1) is 25.4. The summed E-state index contributed by atoms with van der Waals surface area (Å²) in [6.45, 7) is 9.81. The molecule has 0 radical (unpaired) electrons. The lowest BCUT2D eigenvalue weighted by Gasteiger charge is -2.45. The third kappa shape index (κ3) is 13.2. The van der Waals surface area contributed by atoms with Gasteiger partial charge in [0, 0.05) is 78.6 Å². The quantitative estimate of drug-likeness (QED) is 0.0496. The van der Waals surface area contributed by atoms with Crippen molar-refractivity contribution in [2.45, 2.75) is 88.3 Å². The number of rotatable bonds is 22. The number of nitrogens with zero attached hydrogens (tertiary/aromatic N) is 6. The van der Waals surface area contributed by atoms with Crippen LogP contribution in [0.25, 0.3) is 0 Å². The highest BCUT2D eigenvalue weighted by Gasteiger charge is 2.50. The standard InChI is InChI=1S/C30H54N12O11/c1-17-13-41(39-37-17)15-20-22(44)24(46)26(48)29(51-20)53-30-27(49)25(47)23(45)21(52-30)16-42-14-19(38-40-42)28(50)36-12-10-34-8-6-32-4-3-31-5-7-33-9-11-35-18(2)43/h13-14,20-27,29-34,44-49H,3-12,15-16H2,1-2H3,(H,35,43)(H,36,50)/t20?,21?,22-,23+,24+,25?,26?,27?,29-,30+/m1/s1. The fraction of sp³-hybridized carbons (Fsp3) is 0.800. The van der Waals surface area contributed by atoms with Gasteiger partial charge in [-0.1, -0.05) is 10.4 Å². The van der Waals surface area contributed by atoms with Gasteiger partial charge in [0.2, 0.25) is 5.91 Å². The van der Waals surface area contributed by atoms with Gasteiger partial charge >= 0.3 is 0 Å². The van der Waals surface area contributed by atoms with Crippen molar-refractivity contribution in [3.63, 3.8) is 0 Å². The molecular weight excluding hydrogens is 704 g/mol. The maximum Gasteiger partial charge on any atom is 0.273 e. The Bertz CT molecular complexity index is 1390. The van der Waals surface area contributed by atoms with Crippen molar-refractivity contribution in [2.75, 3.05) is 65.4 Å². The van der Waals surface area contributed by atoms with Gasteiger partial charge < -0.3 is 76.8 Å². The monoisotopic (exact) mass is 758 g/mol. The molecule has 2 aromatic rings. The Hall–Kier alpha value is -3.30. The van der Waals surface area contributed by atoms with Crippen LogP contribution in [0, 0.1) is 6.92 Å². The second kappa shape index (κ2) is 21.6. The molecule has 0 saturated carbocycles. The van der Waals surface area contributed by atoms with Crippen LogP contribution in [-0.2, 0) is 32.1 Å². The molecular formula is C30H54N12O11. The van der Waals surface area contributed by atoms with Gasteiger partial charge in [0.25, 0.3) is 5.91 Å². The summed E-state index contributed by atoms with van der Waals surface area (Å²) in [5.74, 6) is -0.516. The third-order valence-electron chi connectivity index (χ3n) is 8.46. The van der Waals surface area contributed by atoms with E-state index in [9.17, 15) is 40.2 Å². The Morgan fingerprint density at radius 1 is 0.642 bits per heavy atom. The van der Waals surface area contributed by atoms with Crippen LogP contribution in [0.5, 0.6) is 0 Å². The highest BCUT2D eigenvalue weighted by atomic mass is 16.8. The van der Waals surface area contributed by atoms with Crippen molar-refractivity contribution in [1.29, 1.82) is 0 Å². The molecule has 23 heteroatoms. The molecule has 4 heterocycles. The maximum atomic E-state index is 12.6. The van der Waals surface area contributed by atoms with Gasteiger partial charge in [0.05, 0.1) is 25.0 Å². The number of carbonyl (C=O) groups excluding carboxylic acids is 2. The fourth-order valence-corrected chi connectivity index (χ4v) is 5.55. The number of ether oxygens (including phenoxy) is 3. The molecule has 4 rings (SSSR count). The molecule has 0 bridgehead atoms. The third-order valence-corrected chi connectivity index (χ3v) is 8.46. The molecule has 2 aliphatic heterocycles. The second-order valence-corrected chi connectivity index (χ2v) is 12.8. The van der Waals surface area contributed by atoms with Crippen molar-refractivity contribution >= 4 is 11.8 Å². The summed E-state index contributed by atoms with van der Waals surface area (Å²) in [4.78, 5) is 23.4. The van der Waals surface area contributed by atoms with Crippen molar-refractivity contribution in [1.82, 2.24) is 61.9 Å². The van der Waals surface area contributed by atoms with E-state index < -0.39 is 67.3 Å². The number of aromatic nitrogens is 6. The predicted molar refractivity (Wildman–Crippen MR) is 182 cm³/mol. The molecule has 12 N–H and O–H groups in total. The summed E-state index contributed by atoms with van der Waals surface area (Å²) in [5, 5.41) is 97.3. The highest BCUT2D eigenvalue weighted by molar-refractivity contribution is 5.91. The molecule has 2 aromatic heterocycles. The Kier molecular flexibility index (Phi) is 17.3. The largest absolute Gasteiger partial charge is 0.388 e. The molecule has 0 aliphatic carbocycles. The Labute approximate surface area is 305 Å². The van der Waals surface area contributed by atoms with Crippen LogP contribution >= 0.6 is 0 Å². The number of aliphatic hydroxyl groups is 6. The highest BCUT2D eigenvalue weighted by Crippen LogP contribution is 2.29. The number of aryl methyl sites for hydroxylation is 1. The lowest BCUT2D eigenvalue weighted by molar-refractivity contribution is -0.375. The zero-order chi connectivity index (χ0) is 38.3. The average Bonchev–Trinajstić information content (AvgIpc) is 3.78. The molecule has 23 nitrogen and oxygen atoms in total. The normalized spacial score (nSPS) is 28.9. The van der Waals surface area contributed by atoms with Crippen LogP contribution in [0.4, 0.5) is 0 Å². The number of carbonyl (C=O) groups is 2. The number of aliphatic hydroxyl groups excluding tert-OH is 6. The molecule has 2 saturated heterocycles. The first-order valence-corrected chi connectivity index (χ1v) is 17.6. The van der Waals surface area contributed by atoms with E-state index in [0.29, 0.717) is 31.9 Å². The lowest BCUT2D eigenvalue weighted by Crippen LogP contribution is -2.63. The minimum atomic E-state index is -1.79. The summed E-state index contributed by atoms with van der Waals surface area (Å²) in [7, 11) is 0. The van der Waals surface area contributed by atoms with E-state index in [1.54, 1.807) is 13.1 Å². The van der Waals surface area contributed by atoms with Crippen molar-refractivity contribution < 1.29 is 54.4 Å². The molecule has 0 spiro atoms. The van der Waals surface area contributed by atoms with Gasteiger partial charge in [0.1, 0.15) is 48.8 Å². The summed E-state index contributed by atoms with van der Waals surface area (Å²) in [5.41, 5.74) is 0.605. The number of amides is 2. The maximum absolute atomic E-state index is 12.6. The van der Waals surface area contributed by atoms with Gasteiger partial charge in [-0.3, -0.25) is 9.59 Å². The molecule has 10 atom stereocenters. The van der Waals surface area contributed by atoms with Gasteiger partial charge in [-0.25, -0.2) is 9.36 Å². The average molecular weight is 759 g/mol. The predicted octanol–water partition coefficient (Wildman–Crippen LogP) is -7.27. The topological polar surface area (TPSA) is 317 Å². The molecule has 53 heavy (non-hydrogen) atoms. The summed E-state index contributed by atoms with van der Waals surface area (Å²) in [6.07, 6.45) is -12.8. The summed E-state index contributed by atoms with van der Waals surface area (Å²) >= 11 is 0. The van der Waals surface area contributed by atoms with E-state index in [2.05, 4.69) is 52.5 Å². The summed E-state index contributed by atoms with van der Waals surface area (Å²) in [6, 6.07) is 0. The van der Waals surface area contributed by atoms with Crippen LogP contribution in [0.2, 0.25) is 0 Å². The number of hydrogen-bond acceptors (Lipinski definition) is 19. The summed E-state index contributed by atoms with van der Waals surface area (Å²) < 4.78 is 19.6. The van der Waals surface area contributed by atoms with Crippen LogP contribution in [-0.4, -0.2) is 199 Å². The Balaban J connectivity index is 1.13. The SMILES string of the molecule is CC(=O)NCCNCCNCCNCCNCCNC(=O)c1cn(CC2O[C@@H](O[C@H]3OC(Cn4cc(C)nn4)[C@@H](O)[C@H](O)C3O)C(O)C(O)[C@H]2O)nn1. The Morgan fingerprint density at radius 2 is 1.08 bits per heavy atom. The van der Waals surface area contributed by atoms with Crippen molar-refractivity contribution in [3.05, 3.63) is 23.8 Å². The van der Waals surface area contributed by atoms with Crippen molar-refractivity contribution in [3.8, 4) is 0 Å². The molecule has 5 unspecified atom stereocenters. The van der Waals surface area contributed by atoms with Gasteiger partial charge in [-0.15, -0.1) is 10.2 Å². The minimum Gasteiger partial charge on any atom is -0.388 e. The molecule has 2 amide bonds. The van der Waals surface area contributed by atoms with E-state index in [0.717, 1.165) is 39.3 Å². The van der Waals surface area contributed by atoms with Gasteiger partial charge in [-0.05, 0) is 6.92 Å². The first kappa shape index (κ1) is 42.4. The van der Waals surface area contributed by atoms with Crippen LogP contribution in [0.3, 0.4) is 0 Å². The van der Waals surface area contributed by atoms with Gasteiger partial charge in [-0.2, -0.15) is 0 Å². The molecule has 300 valence electrons. The fourth-order valence-electron chi connectivity index (χ4n) is 5.55. The van der Waals surface area contributed by atoms with Crippen LogP contribution in [0.15, 0.2) is 12.4 Å². The first-order valence-electron chi connectivity index (χ1n) is 17.6. The molecule has 2 aliphatic rings. The minimum absolute atomic E-state index is 0.000618. The van der Waals surface area contributed by atoms with Crippen molar-refractivity contribution in [2.24, 2.45) is 0 Å². The van der Waals surface area contributed by atoms with E-state index in [1.165, 1.54) is 22.5 Å². The number of hydrogen-bond donors (Lipinski definition) is 12. The van der Waals surface area contributed by atoms with Crippen LogP contribution in [0.1, 0.15) is 23.1 Å². The van der Waals surface area contributed by atoms with E-state index >= 15 is 0 Å². The van der Waals surface area contributed by atoms with E-state index in [-0.39, 0.29) is 24.7 Å². The zero-order valence-electron chi connectivity index (χ0n) is 29.8. The smallest absolute Gasteiger partial charge is 0.273 e. The second-order valence-electron chi connectivity index (χ2n) is 12.8. The molecule has 2 fully saturated rings. The lowest BCUT2D eigenvalue weighted by atomic mass is 9.97. The molecule has 0 aromatic carbocycles. The van der Waals surface area contributed by atoms with Gasteiger partial charge in [0.15, 0.2) is 18.3 Å². The Morgan fingerprint density at radius 3 is 1.53 bits per heavy atom. The number of nitrogens with one attached hydrogen (secondary N) is 6. The van der Waals surface area contributed by atoms with E-state index in [1.807, 2.05) is 0 Å². The zero-order valence-corrected chi connectivity index (χ0v) is 29.8. The van der Waals surface area contributed by atoms with Crippen LogP contribution < -0.4 is 31.9 Å². The van der Waals surface area contributed by atoms with E-state index in [4.69, 9.17) is 14.2 Å².